The van der Waals surface area contributed by atoms with Crippen molar-refractivity contribution in [1.82, 2.24) is 5.32 Å². The standard InChI is InChI=1S/C13H20FNO2/c1-9(4-3-7-16)15-10(2)12-6-5-11(14)8-13(12)17/h5-6,8-10,15-17H,3-4,7H2,1-2H3. The van der Waals surface area contributed by atoms with Gasteiger partial charge in [-0.3, -0.25) is 0 Å². The fourth-order valence-electron chi connectivity index (χ4n) is 1.88. The number of hydrogen-bond acceptors (Lipinski definition) is 3. The lowest BCUT2D eigenvalue weighted by Crippen LogP contribution is -2.29. The van der Waals surface area contributed by atoms with E-state index in [1.54, 1.807) is 6.07 Å². The van der Waals surface area contributed by atoms with Crippen LogP contribution >= 0.6 is 0 Å². The molecule has 1 rings (SSSR count). The van der Waals surface area contributed by atoms with E-state index < -0.39 is 5.82 Å². The molecule has 0 saturated carbocycles. The van der Waals surface area contributed by atoms with Gasteiger partial charge in [-0.05, 0) is 32.8 Å². The predicted molar refractivity (Wildman–Crippen MR) is 65.4 cm³/mol. The molecular formula is C13H20FNO2. The van der Waals surface area contributed by atoms with Gasteiger partial charge in [-0.25, -0.2) is 4.39 Å². The monoisotopic (exact) mass is 241 g/mol. The maximum atomic E-state index is 12.8. The molecule has 0 fully saturated rings. The van der Waals surface area contributed by atoms with Crippen molar-refractivity contribution >= 4 is 0 Å². The van der Waals surface area contributed by atoms with Crippen LogP contribution in [-0.2, 0) is 0 Å². The second kappa shape index (κ2) is 6.57. The third kappa shape index (κ3) is 4.32. The second-order valence-electron chi connectivity index (χ2n) is 4.36. The molecule has 3 nitrogen and oxygen atoms in total. The molecule has 1 aromatic carbocycles. The highest BCUT2D eigenvalue weighted by molar-refractivity contribution is 5.34. The SMILES string of the molecule is CC(CCCO)NC(C)c1ccc(F)cc1O. The van der Waals surface area contributed by atoms with E-state index in [9.17, 15) is 9.50 Å². The summed E-state index contributed by atoms with van der Waals surface area (Å²) in [5.41, 5.74) is 0.683. The Balaban J connectivity index is 2.60. The van der Waals surface area contributed by atoms with Crippen LogP contribution in [0, 0.1) is 5.82 Å². The average Bonchev–Trinajstić information content (AvgIpc) is 2.26. The maximum Gasteiger partial charge on any atom is 0.126 e. The molecule has 4 heteroatoms. The topological polar surface area (TPSA) is 52.5 Å². The maximum absolute atomic E-state index is 12.8. The van der Waals surface area contributed by atoms with E-state index in [4.69, 9.17) is 5.11 Å². The number of aromatic hydroxyl groups is 1. The lowest BCUT2D eigenvalue weighted by Gasteiger charge is -2.20. The first kappa shape index (κ1) is 13.9. The molecule has 0 amide bonds. The van der Waals surface area contributed by atoms with Crippen molar-refractivity contribution < 1.29 is 14.6 Å². The Bertz CT molecular complexity index is 357. The molecule has 96 valence electrons. The third-order valence-electron chi connectivity index (χ3n) is 2.79. The van der Waals surface area contributed by atoms with Crippen LogP contribution < -0.4 is 5.32 Å². The van der Waals surface area contributed by atoms with E-state index in [0.717, 1.165) is 18.9 Å². The summed E-state index contributed by atoms with van der Waals surface area (Å²) in [5, 5.41) is 21.7. The third-order valence-corrected chi connectivity index (χ3v) is 2.79. The molecule has 3 N–H and O–H groups in total. The van der Waals surface area contributed by atoms with Crippen molar-refractivity contribution in [2.24, 2.45) is 0 Å². The number of aliphatic hydroxyl groups excluding tert-OH is 1. The Morgan fingerprint density at radius 3 is 2.65 bits per heavy atom. The summed E-state index contributed by atoms with van der Waals surface area (Å²) in [7, 11) is 0. The molecule has 0 spiro atoms. The molecule has 17 heavy (non-hydrogen) atoms. The van der Waals surface area contributed by atoms with Crippen LogP contribution in [0.5, 0.6) is 5.75 Å². The summed E-state index contributed by atoms with van der Waals surface area (Å²) in [6.07, 6.45) is 1.61. The number of phenols is 1. The molecule has 2 unspecified atom stereocenters. The van der Waals surface area contributed by atoms with Crippen molar-refractivity contribution in [3.63, 3.8) is 0 Å². The van der Waals surface area contributed by atoms with Crippen molar-refractivity contribution in [2.75, 3.05) is 6.61 Å². The van der Waals surface area contributed by atoms with Gasteiger partial charge in [0.25, 0.3) is 0 Å². The van der Waals surface area contributed by atoms with E-state index in [2.05, 4.69) is 5.32 Å². The van der Waals surface area contributed by atoms with Gasteiger partial charge in [-0.1, -0.05) is 6.07 Å². The fraction of sp³-hybridized carbons (Fsp3) is 0.538. The molecule has 0 aliphatic carbocycles. The smallest absolute Gasteiger partial charge is 0.126 e. The first-order chi connectivity index (χ1) is 8.04. The van der Waals surface area contributed by atoms with Crippen molar-refractivity contribution in [1.29, 1.82) is 0 Å². The summed E-state index contributed by atoms with van der Waals surface area (Å²) in [4.78, 5) is 0. The van der Waals surface area contributed by atoms with Crippen LogP contribution in [0.25, 0.3) is 0 Å². The van der Waals surface area contributed by atoms with Gasteiger partial charge >= 0.3 is 0 Å². The zero-order valence-corrected chi connectivity index (χ0v) is 10.3. The molecule has 0 aromatic heterocycles. The molecule has 2 atom stereocenters. The van der Waals surface area contributed by atoms with Gasteiger partial charge in [0.1, 0.15) is 11.6 Å². The van der Waals surface area contributed by atoms with Crippen molar-refractivity contribution in [3.8, 4) is 5.75 Å². The lowest BCUT2D eigenvalue weighted by molar-refractivity contribution is 0.274. The van der Waals surface area contributed by atoms with Gasteiger partial charge in [0.15, 0.2) is 0 Å². The van der Waals surface area contributed by atoms with E-state index in [1.807, 2.05) is 13.8 Å². The fourth-order valence-corrected chi connectivity index (χ4v) is 1.88. The Morgan fingerprint density at radius 2 is 2.06 bits per heavy atom. The van der Waals surface area contributed by atoms with Crippen LogP contribution in [0.3, 0.4) is 0 Å². The normalized spacial score (nSPS) is 14.6. The highest BCUT2D eigenvalue weighted by atomic mass is 19.1. The Morgan fingerprint density at radius 1 is 1.35 bits per heavy atom. The zero-order chi connectivity index (χ0) is 12.8. The average molecular weight is 241 g/mol. The van der Waals surface area contributed by atoms with Gasteiger partial charge in [0, 0.05) is 30.3 Å². The van der Waals surface area contributed by atoms with E-state index in [0.29, 0.717) is 5.56 Å². The Hall–Kier alpha value is -1.13. The Kier molecular flexibility index (Phi) is 5.38. The highest BCUT2D eigenvalue weighted by Crippen LogP contribution is 2.25. The zero-order valence-electron chi connectivity index (χ0n) is 10.3. The molecule has 0 heterocycles. The number of halogens is 1. The molecule has 1 aromatic rings. The minimum atomic E-state index is -0.438. The minimum Gasteiger partial charge on any atom is -0.508 e. The van der Waals surface area contributed by atoms with Crippen molar-refractivity contribution in [3.05, 3.63) is 29.6 Å². The molecule has 0 aliphatic heterocycles. The number of aliphatic hydroxyl groups is 1. The first-order valence-electron chi connectivity index (χ1n) is 5.90. The van der Waals surface area contributed by atoms with E-state index in [-0.39, 0.29) is 24.4 Å². The molecule has 0 saturated heterocycles. The number of hydrogen-bond donors (Lipinski definition) is 3. The van der Waals surface area contributed by atoms with Crippen molar-refractivity contribution in [2.45, 2.75) is 38.8 Å². The summed E-state index contributed by atoms with van der Waals surface area (Å²) in [6.45, 7) is 4.12. The van der Waals surface area contributed by atoms with Crippen LogP contribution in [0.1, 0.15) is 38.3 Å². The summed E-state index contributed by atoms with van der Waals surface area (Å²) < 4.78 is 12.8. The quantitative estimate of drug-likeness (QED) is 0.716. The number of benzene rings is 1. The number of phenolic OH excluding ortho intramolecular Hbond substituents is 1. The molecule has 0 aliphatic rings. The minimum absolute atomic E-state index is 0.0284. The number of nitrogens with one attached hydrogen (secondary N) is 1. The number of rotatable bonds is 6. The lowest BCUT2D eigenvalue weighted by atomic mass is 10.1. The van der Waals surface area contributed by atoms with Crippen LogP contribution in [-0.4, -0.2) is 22.9 Å². The van der Waals surface area contributed by atoms with Gasteiger partial charge in [-0.2, -0.15) is 0 Å². The molecule has 0 bridgehead atoms. The van der Waals surface area contributed by atoms with Crippen LogP contribution in [0.15, 0.2) is 18.2 Å². The van der Waals surface area contributed by atoms with Gasteiger partial charge in [0.05, 0.1) is 0 Å². The van der Waals surface area contributed by atoms with Gasteiger partial charge in [0.2, 0.25) is 0 Å². The highest BCUT2D eigenvalue weighted by Gasteiger charge is 2.13. The summed E-state index contributed by atoms with van der Waals surface area (Å²) >= 11 is 0. The predicted octanol–water partition coefficient (Wildman–Crippen LogP) is 2.34. The summed E-state index contributed by atoms with van der Waals surface area (Å²) in [6, 6.07) is 4.23. The van der Waals surface area contributed by atoms with Gasteiger partial charge in [-0.15, -0.1) is 0 Å². The first-order valence-corrected chi connectivity index (χ1v) is 5.90. The van der Waals surface area contributed by atoms with E-state index >= 15 is 0 Å². The van der Waals surface area contributed by atoms with Gasteiger partial charge < -0.3 is 15.5 Å². The summed E-state index contributed by atoms with van der Waals surface area (Å²) in [5.74, 6) is -0.467. The van der Waals surface area contributed by atoms with Crippen LogP contribution in [0.4, 0.5) is 4.39 Å². The second-order valence-corrected chi connectivity index (χ2v) is 4.36. The van der Waals surface area contributed by atoms with Crippen LogP contribution in [0.2, 0.25) is 0 Å². The van der Waals surface area contributed by atoms with E-state index in [1.165, 1.54) is 6.07 Å². The molecular weight excluding hydrogens is 221 g/mol. The molecule has 0 radical (unpaired) electrons. The Labute approximate surface area is 101 Å². The largest absolute Gasteiger partial charge is 0.508 e.